The topological polar surface area (TPSA) is 313 Å². The number of Topliss-reactive ketones (excluding diaryl/α,β-unsaturated/α-hetero) is 3. The van der Waals surface area contributed by atoms with Crippen molar-refractivity contribution in [1.29, 1.82) is 0 Å². The Hall–Kier alpha value is -11.9. The third-order valence-corrected chi connectivity index (χ3v) is 19.0. The lowest BCUT2D eigenvalue weighted by Crippen LogP contribution is -2.48. The quantitative estimate of drug-likeness (QED) is 0.0634. The lowest BCUT2D eigenvalue weighted by molar-refractivity contribution is -0.169. The maximum atomic E-state index is 13.4. The van der Waals surface area contributed by atoms with Gasteiger partial charge >= 0.3 is 36.6 Å². The van der Waals surface area contributed by atoms with E-state index in [1.54, 1.807) is 80.8 Å². The van der Waals surface area contributed by atoms with Crippen molar-refractivity contribution < 1.29 is 81.5 Å². The van der Waals surface area contributed by atoms with E-state index in [0.29, 0.717) is 121 Å². The van der Waals surface area contributed by atoms with E-state index in [1.807, 2.05) is 4.90 Å². The van der Waals surface area contributed by atoms with Crippen LogP contribution < -0.4 is 45.3 Å². The van der Waals surface area contributed by atoms with Gasteiger partial charge in [0, 0.05) is 108 Å². The van der Waals surface area contributed by atoms with Crippen LogP contribution in [0.2, 0.25) is 0 Å². The fraction of sp³-hybridized carbons (Fsp3) is 0.366. The van der Waals surface area contributed by atoms with Crippen molar-refractivity contribution in [2.75, 3.05) is 84.6 Å². The predicted molar refractivity (Wildman–Crippen MR) is 370 cm³/mol. The smallest absolute Gasteiger partial charge is 0.391 e. The van der Waals surface area contributed by atoms with Gasteiger partial charge in [-0.15, -0.1) is 0 Å². The molecule has 6 atom stereocenters. The van der Waals surface area contributed by atoms with Gasteiger partial charge in [-0.05, 0) is 92.1 Å². The van der Waals surface area contributed by atoms with E-state index >= 15 is 0 Å². The van der Waals surface area contributed by atoms with Gasteiger partial charge in [0.25, 0.3) is 0 Å². The maximum Gasteiger partial charge on any atom is 0.391 e. The number of pyridine rings is 6. The number of fused-ring (bicyclic) bond motifs is 12. The third kappa shape index (κ3) is 16.0. The Morgan fingerprint density at radius 2 is 0.766 bits per heavy atom. The van der Waals surface area contributed by atoms with Crippen LogP contribution in [0.1, 0.15) is 103 Å². The van der Waals surface area contributed by atoms with Crippen molar-refractivity contribution in [1.82, 2.24) is 44.9 Å². The second kappa shape index (κ2) is 29.6. The molecule has 3 N–H and O–H groups in total. The van der Waals surface area contributed by atoms with Crippen LogP contribution in [0.3, 0.4) is 0 Å². The van der Waals surface area contributed by atoms with Crippen LogP contribution in [0.15, 0.2) is 130 Å². The van der Waals surface area contributed by atoms with Gasteiger partial charge in [-0.1, -0.05) is 20.8 Å². The lowest BCUT2D eigenvalue weighted by atomic mass is 10.0. The molecule has 558 valence electrons. The molecule has 36 heteroatoms. The molecule has 0 unspecified atom stereocenters. The fourth-order valence-corrected chi connectivity index (χ4v) is 13.2. The van der Waals surface area contributed by atoms with E-state index in [9.17, 15) is 68.3 Å². The number of oxazole rings is 3. The first-order chi connectivity index (χ1) is 50.9. The molecule has 3 fully saturated rings. The Bertz CT molecular complexity index is 4660. The number of hydrogen-bond donors (Lipinski definition) is 3. The number of aryl methyl sites for hydroxylation is 2. The maximum absolute atomic E-state index is 13.4. The van der Waals surface area contributed by atoms with Gasteiger partial charge in [0.1, 0.15) is 34.5 Å². The van der Waals surface area contributed by atoms with Crippen molar-refractivity contribution in [3.8, 4) is 34.0 Å². The summed E-state index contributed by atoms with van der Waals surface area (Å²) in [6.45, 7) is 10.2. The molecule has 9 aromatic heterocycles. The van der Waals surface area contributed by atoms with Gasteiger partial charge in [-0.3, -0.25) is 45.0 Å². The zero-order chi connectivity index (χ0) is 76.0. The third-order valence-electron chi connectivity index (χ3n) is 19.0. The number of ketones is 3. The van der Waals surface area contributed by atoms with Gasteiger partial charge in [-0.2, -0.15) is 39.5 Å². The highest BCUT2D eigenvalue weighted by molar-refractivity contribution is 6.08. The Balaban J connectivity index is 0.000000142. The lowest BCUT2D eigenvalue weighted by Gasteiger charge is -2.35. The predicted octanol–water partition coefficient (Wildman–Crippen LogP) is 14.2. The number of carbonyl (C=O) groups excluding carboxylic acids is 6. The van der Waals surface area contributed by atoms with Gasteiger partial charge in [0.15, 0.2) is 70.3 Å². The molecule has 0 spiro atoms. The standard InChI is InChI=1S/2C24H23F3N6O3.C23H21F3N6O3/c2*1-13(24(25,26)27)9-19(34)17-3-4-18-22(30-17)33(16-6-8-32(18)12-16)23(35)31-21-10-15(5-7-28-21)20-11-29-14(2)36-20;1-13(23(24,25)26)8-18(33)16-2-3-17-21(29-16)32(15-5-7-31(17)11-15)22(34)30-20-9-14(4-6-28-20)19-10-27-12-35-19/h2*3-5,7,10-11,13,16H,6,8-9,12H2,1-2H3,(H,28,31,35);2-4,6,9-10,12-13,15H,5,7-8,11H2,1H3,(H,28,30,34)/t13-,16+;13-,16-;13-,15+/m101/s1. The van der Waals surface area contributed by atoms with Crippen LogP contribution in [0.4, 0.5) is 106 Å². The molecule has 0 saturated carbocycles. The summed E-state index contributed by atoms with van der Waals surface area (Å²) in [5.74, 6) is -3.45. The second-order valence-corrected chi connectivity index (χ2v) is 26.5. The molecule has 27 nitrogen and oxygen atoms in total. The highest BCUT2D eigenvalue weighted by atomic mass is 19.4. The number of amides is 6. The zero-order valence-electron chi connectivity index (χ0n) is 57.7. The Morgan fingerprint density at radius 1 is 0.449 bits per heavy atom. The van der Waals surface area contributed by atoms with Crippen molar-refractivity contribution in [3.63, 3.8) is 0 Å². The number of alkyl halides is 9. The van der Waals surface area contributed by atoms with Crippen LogP contribution in [-0.2, 0) is 0 Å². The summed E-state index contributed by atoms with van der Waals surface area (Å²) in [6.07, 6.45) is -2.97. The number of aromatic nitrogens is 9. The minimum absolute atomic E-state index is 0.106. The minimum Gasteiger partial charge on any atom is -0.444 e. The molecular weight excluding hydrogens is 1420 g/mol. The van der Waals surface area contributed by atoms with E-state index in [0.717, 1.165) is 20.8 Å². The van der Waals surface area contributed by atoms with E-state index in [2.05, 4.69) is 70.6 Å². The van der Waals surface area contributed by atoms with Crippen LogP contribution >= 0.6 is 0 Å². The number of rotatable bonds is 15. The van der Waals surface area contributed by atoms with Crippen LogP contribution in [0, 0.1) is 31.6 Å². The molecule has 15 rings (SSSR count). The molecule has 0 radical (unpaired) electrons. The Kier molecular flexibility index (Phi) is 20.3. The molecule has 0 aromatic carbocycles. The molecule has 15 heterocycles. The van der Waals surface area contributed by atoms with Gasteiger partial charge in [0.05, 0.1) is 71.5 Å². The average molecular weight is 1490 g/mol. The normalized spacial score (nSPS) is 17.7. The number of urea groups is 3. The first kappa shape index (κ1) is 73.4. The number of nitrogens with zero attached hydrogens (tertiary/aromatic N) is 15. The number of halogens is 9. The monoisotopic (exact) mass is 1490 g/mol. The number of hydrogen-bond acceptors (Lipinski definition) is 21. The van der Waals surface area contributed by atoms with Gasteiger partial charge < -0.3 is 28.0 Å². The summed E-state index contributed by atoms with van der Waals surface area (Å²) in [5.41, 5.74) is 3.66. The number of anilines is 9. The van der Waals surface area contributed by atoms with E-state index in [1.165, 1.54) is 64.1 Å². The van der Waals surface area contributed by atoms with Crippen LogP contribution in [0.5, 0.6) is 0 Å². The van der Waals surface area contributed by atoms with Crippen molar-refractivity contribution >= 4 is 87.4 Å². The zero-order valence-corrected chi connectivity index (χ0v) is 57.7. The first-order valence-electron chi connectivity index (χ1n) is 33.9. The summed E-state index contributed by atoms with van der Waals surface area (Å²) in [6, 6.07) is 17.2. The average Bonchev–Trinajstić information content (AvgIpc) is 1.65. The summed E-state index contributed by atoms with van der Waals surface area (Å²) < 4.78 is 133. The van der Waals surface area contributed by atoms with E-state index < -0.39 is 91.0 Å². The molecule has 6 amide bonds. The summed E-state index contributed by atoms with van der Waals surface area (Å²) >= 11 is 0. The van der Waals surface area contributed by atoms with Crippen LogP contribution in [0.25, 0.3) is 34.0 Å². The summed E-state index contributed by atoms with van der Waals surface area (Å²) in [4.78, 5) is 126. The molecule has 6 aliphatic rings. The van der Waals surface area contributed by atoms with Crippen molar-refractivity contribution in [3.05, 3.63) is 145 Å². The Morgan fingerprint density at radius 3 is 1.05 bits per heavy atom. The van der Waals surface area contributed by atoms with Crippen LogP contribution in [-0.4, -0.2) is 156 Å². The van der Waals surface area contributed by atoms with Gasteiger partial charge in [0.2, 0.25) is 0 Å². The van der Waals surface area contributed by atoms with E-state index in [-0.39, 0.29) is 70.1 Å². The highest BCUT2D eigenvalue weighted by Crippen LogP contribution is 2.44. The fourth-order valence-electron chi connectivity index (χ4n) is 13.2. The molecule has 6 aliphatic heterocycles. The highest BCUT2D eigenvalue weighted by Gasteiger charge is 2.46. The molecule has 3 saturated heterocycles. The van der Waals surface area contributed by atoms with Crippen molar-refractivity contribution in [2.24, 2.45) is 17.8 Å². The minimum atomic E-state index is -4.48. The number of carbonyl (C=O) groups is 6. The molecule has 107 heavy (non-hydrogen) atoms. The second-order valence-electron chi connectivity index (χ2n) is 26.5. The van der Waals surface area contributed by atoms with Gasteiger partial charge in [-0.25, -0.2) is 59.2 Å². The molecule has 9 aromatic rings. The largest absolute Gasteiger partial charge is 0.444 e. The van der Waals surface area contributed by atoms with E-state index in [4.69, 9.17) is 13.3 Å². The molecule has 6 bridgehead atoms. The Labute approximate surface area is 603 Å². The molecule has 0 aliphatic carbocycles. The number of nitrogens with one attached hydrogen (secondary N) is 3. The first-order valence-corrected chi connectivity index (χ1v) is 33.9. The summed E-state index contributed by atoms with van der Waals surface area (Å²) in [5, 5.41) is 8.31. The summed E-state index contributed by atoms with van der Waals surface area (Å²) in [7, 11) is 0. The molecular formula is C71H67F9N18O9. The van der Waals surface area contributed by atoms with Crippen molar-refractivity contribution in [2.45, 2.75) is 110 Å². The SMILES string of the molecule is C[C@H](CC(=O)c1ccc2c(n1)N(C(=O)Nc1cc(-c3cnco3)ccn1)[C@H]1CCN2C1)C(F)(F)F.Cc1ncc(-c2ccnc(NC(=O)N3c4nc(C(=O)C[C@@H](C)C(F)(F)F)ccc4N4CC[C@H]3C4)c2)o1.Cc1ncc(-c2ccnc(NC(=O)N3c4nc(C(=O)C[C@H](C)C(F)(F)F)ccc4N4CC[C@H]3C4)c2)o1.